The van der Waals surface area contributed by atoms with Gasteiger partial charge in [0.2, 0.25) is 0 Å². The van der Waals surface area contributed by atoms with Crippen molar-refractivity contribution >= 4 is 11.9 Å². The normalized spacial score (nSPS) is 18.9. The quantitative estimate of drug-likeness (QED) is 0.575. The lowest BCUT2D eigenvalue weighted by Crippen LogP contribution is -2.50. The van der Waals surface area contributed by atoms with Crippen molar-refractivity contribution in [2.45, 2.75) is 45.6 Å². The fraction of sp³-hybridized carbons (Fsp3) is 0.500. The number of hydrogen-bond acceptors (Lipinski definition) is 5. The summed E-state index contributed by atoms with van der Waals surface area (Å²) in [5, 5.41) is 0. The Hall–Kier alpha value is -2.60. The number of furan rings is 1. The number of aryl methyl sites for hydroxylation is 1. The van der Waals surface area contributed by atoms with Crippen LogP contribution in [0.1, 0.15) is 54.5 Å². The van der Waals surface area contributed by atoms with Gasteiger partial charge in [-0.15, -0.1) is 0 Å². The van der Waals surface area contributed by atoms with Gasteiger partial charge >= 0.3 is 5.97 Å². The van der Waals surface area contributed by atoms with E-state index in [0.717, 1.165) is 25.7 Å². The van der Waals surface area contributed by atoms with E-state index in [2.05, 4.69) is 12.1 Å². The molecule has 6 heteroatoms. The number of rotatable bonds is 9. The highest BCUT2D eigenvalue weighted by Gasteiger charge is 2.44. The van der Waals surface area contributed by atoms with Crippen LogP contribution in [0.3, 0.4) is 0 Å². The second-order valence-corrected chi connectivity index (χ2v) is 7.87. The Morgan fingerprint density at radius 3 is 2.70 bits per heavy atom. The minimum Gasteiger partial charge on any atom is -0.466 e. The van der Waals surface area contributed by atoms with Crippen LogP contribution < -0.4 is 0 Å². The zero-order valence-corrected chi connectivity index (χ0v) is 17.9. The van der Waals surface area contributed by atoms with Crippen LogP contribution in [-0.4, -0.2) is 43.6 Å². The molecule has 0 bridgehead atoms. The molecule has 0 N–H and O–H groups in total. The van der Waals surface area contributed by atoms with Gasteiger partial charge in [0.1, 0.15) is 12.4 Å². The summed E-state index contributed by atoms with van der Waals surface area (Å²) in [6.07, 6.45) is 3.95. The van der Waals surface area contributed by atoms with E-state index in [9.17, 15) is 9.59 Å². The topological polar surface area (TPSA) is 69.0 Å². The van der Waals surface area contributed by atoms with Crippen LogP contribution in [0.25, 0.3) is 0 Å². The molecule has 3 rings (SSSR count). The van der Waals surface area contributed by atoms with Crippen molar-refractivity contribution in [2.75, 3.05) is 26.8 Å². The van der Waals surface area contributed by atoms with E-state index >= 15 is 0 Å². The van der Waals surface area contributed by atoms with Crippen LogP contribution in [-0.2, 0) is 27.3 Å². The molecule has 0 aliphatic carbocycles. The molecule has 2 aromatic rings. The van der Waals surface area contributed by atoms with Gasteiger partial charge in [0.15, 0.2) is 5.76 Å². The molecular formula is C24H31NO5. The highest BCUT2D eigenvalue weighted by molar-refractivity contribution is 5.92. The molecule has 1 fully saturated rings. The van der Waals surface area contributed by atoms with Crippen molar-refractivity contribution in [3.63, 3.8) is 0 Å². The zero-order chi connectivity index (χ0) is 21.4. The molecule has 162 valence electrons. The third-order valence-electron chi connectivity index (χ3n) is 5.70. The number of ether oxygens (including phenoxy) is 2. The molecule has 1 aromatic carbocycles. The van der Waals surface area contributed by atoms with E-state index in [4.69, 9.17) is 13.9 Å². The molecule has 1 aromatic heterocycles. The van der Waals surface area contributed by atoms with Crippen LogP contribution in [0.15, 0.2) is 46.9 Å². The summed E-state index contributed by atoms with van der Waals surface area (Å²) < 4.78 is 16.1. The minimum absolute atomic E-state index is 0.186. The van der Waals surface area contributed by atoms with Crippen LogP contribution >= 0.6 is 0 Å². The predicted octanol–water partition coefficient (Wildman–Crippen LogP) is 4.23. The Morgan fingerprint density at radius 2 is 1.97 bits per heavy atom. The molecule has 1 aliphatic rings. The number of methoxy groups -OCH3 is 1. The van der Waals surface area contributed by atoms with Crippen molar-refractivity contribution in [3.05, 3.63) is 59.5 Å². The maximum absolute atomic E-state index is 13.0. The summed E-state index contributed by atoms with van der Waals surface area (Å²) >= 11 is 0. The number of esters is 1. The number of benzene rings is 1. The minimum atomic E-state index is -0.666. The molecule has 0 radical (unpaired) electrons. The lowest BCUT2D eigenvalue weighted by molar-refractivity contribution is -0.159. The first kappa shape index (κ1) is 22.1. The Bertz CT molecular complexity index is 831. The highest BCUT2D eigenvalue weighted by Crippen LogP contribution is 2.37. The summed E-state index contributed by atoms with van der Waals surface area (Å²) in [7, 11) is 1.58. The second kappa shape index (κ2) is 10.4. The van der Waals surface area contributed by atoms with Crippen LogP contribution in [0.4, 0.5) is 0 Å². The van der Waals surface area contributed by atoms with E-state index in [1.165, 1.54) is 5.56 Å². The Kier molecular flexibility index (Phi) is 7.69. The van der Waals surface area contributed by atoms with Gasteiger partial charge in [-0.2, -0.15) is 0 Å². The van der Waals surface area contributed by atoms with Gasteiger partial charge in [0.05, 0.1) is 12.0 Å². The molecular weight excluding hydrogens is 382 g/mol. The molecule has 30 heavy (non-hydrogen) atoms. The van der Waals surface area contributed by atoms with Crippen molar-refractivity contribution < 1.29 is 23.5 Å². The molecule has 0 saturated carbocycles. The maximum atomic E-state index is 13.0. The fourth-order valence-corrected chi connectivity index (χ4v) is 4.21. The summed E-state index contributed by atoms with van der Waals surface area (Å²) in [6.45, 7) is 3.45. The highest BCUT2D eigenvalue weighted by atomic mass is 16.5. The van der Waals surface area contributed by atoms with E-state index in [1.54, 1.807) is 24.1 Å². The largest absolute Gasteiger partial charge is 0.466 e. The molecule has 1 amide bonds. The predicted molar refractivity (Wildman–Crippen MR) is 113 cm³/mol. The number of nitrogens with zero attached hydrogens (tertiary/aromatic N) is 1. The van der Waals surface area contributed by atoms with E-state index < -0.39 is 5.41 Å². The first-order valence-electron chi connectivity index (χ1n) is 10.7. The van der Waals surface area contributed by atoms with Crippen LogP contribution in [0.2, 0.25) is 0 Å². The summed E-state index contributed by atoms with van der Waals surface area (Å²) in [6, 6.07) is 13.7. The number of amides is 1. The standard InChI is InChI=1S/C24H31NO5/c1-3-29-23(27)24(14-7-11-19-9-5-4-6-10-19)15-8-16-25(18-24)22(26)21-13-12-20(30-21)17-28-2/h4-6,9-10,12-13H,3,7-8,11,14-18H2,1-2H3/t24-/m0/s1. The fourth-order valence-electron chi connectivity index (χ4n) is 4.21. The van der Waals surface area contributed by atoms with Gasteiger partial charge in [-0.1, -0.05) is 30.3 Å². The van der Waals surface area contributed by atoms with Gasteiger partial charge in [0, 0.05) is 20.2 Å². The van der Waals surface area contributed by atoms with Gasteiger partial charge in [0.25, 0.3) is 5.91 Å². The molecule has 1 aliphatic heterocycles. The van der Waals surface area contributed by atoms with E-state index in [0.29, 0.717) is 38.5 Å². The Labute approximate surface area is 178 Å². The van der Waals surface area contributed by atoms with Gasteiger partial charge in [-0.05, 0) is 56.7 Å². The third-order valence-corrected chi connectivity index (χ3v) is 5.70. The van der Waals surface area contributed by atoms with Crippen molar-refractivity contribution in [1.29, 1.82) is 0 Å². The lowest BCUT2D eigenvalue weighted by atomic mass is 9.75. The van der Waals surface area contributed by atoms with Gasteiger partial charge < -0.3 is 18.8 Å². The first-order chi connectivity index (χ1) is 14.6. The number of carbonyl (C=O) groups is 2. The van der Waals surface area contributed by atoms with Crippen molar-refractivity contribution in [3.8, 4) is 0 Å². The number of carbonyl (C=O) groups excluding carboxylic acids is 2. The van der Waals surface area contributed by atoms with Crippen LogP contribution in [0.5, 0.6) is 0 Å². The summed E-state index contributed by atoms with van der Waals surface area (Å²) in [4.78, 5) is 27.7. The van der Waals surface area contributed by atoms with E-state index in [-0.39, 0.29) is 17.6 Å². The number of piperidine rings is 1. The molecule has 6 nitrogen and oxygen atoms in total. The Balaban J connectivity index is 1.71. The average Bonchev–Trinajstić information content (AvgIpc) is 3.23. The third kappa shape index (κ3) is 5.30. The van der Waals surface area contributed by atoms with Crippen LogP contribution in [0, 0.1) is 5.41 Å². The smallest absolute Gasteiger partial charge is 0.313 e. The molecule has 1 saturated heterocycles. The van der Waals surface area contributed by atoms with Crippen molar-refractivity contribution in [1.82, 2.24) is 4.90 Å². The summed E-state index contributed by atoms with van der Waals surface area (Å²) in [5.74, 6) is 0.507. The lowest BCUT2D eigenvalue weighted by Gasteiger charge is -2.40. The zero-order valence-electron chi connectivity index (χ0n) is 17.9. The Morgan fingerprint density at radius 1 is 1.17 bits per heavy atom. The maximum Gasteiger partial charge on any atom is 0.313 e. The van der Waals surface area contributed by atoms with Gasteiger partial charge in [-0.3, -0.25) is 9.59 Å². The average molecular weight is 414 g/mol. The second-order valence-electron chi connectivity index (χ2n) is 7.87. The SMILES string of the molecule is CCOC(=O)[C@@]1(CCCc2ccccc2)CCCN(C(=O)c2ccc(COC)o2)C1. The van der Waals surface area contributed by atoms with E-state index in [1.807, 2.05) is 25.1 Å². The van der Waals surface area contributed by atoms with Crippen molar-refractivity contribution in [2.24, 2.45) is 5.41 Å². The number of hydrogen-bond donors (Lipinski definition) is 0. The van der Waals surface area contributed by atoms with Gasteiger partial charge in [-0.25, -0.2) is 0 Å². The monoisotopic (exact) mass is 413 g/mol. The first-order valence-corrected chi connectivity index (χ1v) is 10.7. The summed E-state index contributed by atoms with van der Waals surface area (Å²) in [5.41, 5.74) is 0.585. The number of likely N-dealkylation sites (tertiary alicyclic amines) is 1. The molecule has 1 atom stereocenters. The molecule has 0 unspecified atom stereocenters. The molecule has 0 spiro atoms. The molecule has 2 heterocycles.